The molecule has 2 unspecified atom stereocenters. The van der Waals surface area contributed by atoms with Crippen LogP contribution in [-0.4, -0.2) is 27.0 Å². The molecule has 6 nitrogen and oxygen atoms in total. The lowest BCUT2D eigenvalue weighted by Gasteiger charge is -2.28. The first-order chi connectivity index (χ1) is 14.0. The van der Waals surface area contributed by atoms with E-state index in [0.717, 1.165) is 42.6 Å². The van der Waals surface area contributed by atoms with Crippen molar-refractivity contribution in [1.82, 2.24) is 9.97 Å². The van der Waals surface area contributed by atoms with Gasteiger partial charge in [0, 0.05) is 23.2 Å². The number of rotatable bonds is 4. The summed E-state index contributed by atoms with van der Waals surface area (Å²) in [6, 6.07) is 5.82. The molecule has 0 radical (unpaired) electrons. The molecule has 29 heavy (non-hydrogen) atoms. The summed E-state index contributed by atoms with van der Waals surface area (Å²) in [4.78, 5) is 21.1. The number of anilines is 1. The summed E-state index contributed by atoms with van der Waals surface area (Å²) in [7, 11) is 0. The molecule has 0 spiro atoms. The highest BCUT2D eigenvalue weighted by Gasteiger charge is 2.24. The molecule has 1 aliphatic rings. The van der Waals surface area contributed by atoms with Gasteiger partial charge in [-0.05, 0) is 55.0 Å². The van der Waals surface area contributed by atoms with Crippen LogP contribution in [-0.2, 0) is 0 Å². The van der Waals surface area contributed by atoms with E-state index in [1.165, 1.54) is 18.2 Å². The Balaban J connectivity index is 1.55. The van der Waals surface area contributed by atoms with E-state index in [-0.39, 0.29) is 34.9 Å². The number of nitrogens with one attached hydrogen (secondary N) is 1. The third kappa shape index (κ3) is 4.28. The molecular formula is C21H21FN4O2S. The maximum absolute atomic E-state index is 14.0. The summed E-state index contributed by atoms with van der Waals surface area (Å²) in [5.74, 6) is -0.674. The van der Waals surface area contributed by atoms with Gasteiger partial charge in [0.25, 0.3) is 5.91 Å². The van der Waals surface area contributed by atoms with Gasteiger partial charge in [0.15, 0.2) is 0 Å². The standard InChI is InChI=1S/C21H21FN4O2S/c22-17-5-4-14(27)9-16(17)21-26-19(11-29-21)20(28)25-18-10-24-7-6-15(18)12-2-1-3-13(23)8-12/h4-7,9-13,27H,1-3,8,23H2,(H,25,28). The van der Waals surface area contributed by atoms with Crippen LogP contribution in [0.2, 0.25) is 0 Å². The summed E-state index contributed by atoms with van der Waals surface area (Å²) in [5, 5.41) is 14.4. The van der Waals surface area contributed by atoms with E-state index in [1.807, 2.05) is 6.07 Å². The minimum absolute atomic E-state index is 0.0618. The van der Waals surface area contributed by atoms with E-state index in [0.29, 0.717) is 10.7 Å². The molecule has 0 aliphatic heterocycles. The van der Waals surface area contributed by atoms with Crippen LogP contribution < -0.4 is 11.1 Å². The van der Waals surface area contributed by atoms with E-state index in [4.69, 9.17) is 5.73 Å². The lowest BCUT2D eigenvalue weighted by atomic mass is 9.81. The monoisotopic (exact) mass is 412 g/mol. The SMILES string of the molecule is NC1CCCC(c2ccncc2NC(=O)c2csc(-c3cc(O)ccc3F)n2)C1. The van der Waals surface area contributed by atoms with E-state index in [9.17, 15) is 14.3 Å². The van der Waals surface area contributed by atoms with Gasteiger partial charge in [-0.3, -0.25) is 9.78 Å². The molecule has 2 atom stereocenters. The number of hydrogen-bond donors (Lipinski definition) is 3. The summed E-state index contributed by atoms with van der Waals surface area (Å²) < 4.78 is 14.0. The number of aromatic nitrogens is 2. The van der Waals surface area contributed by atoms with Crippen molar-refractivity contribution >= 4 is 22.9 Å². The quantitative estimate of drug-likeness (QED) is 0.593. The van der Waals surface area contributed by atoms with Crippen molar-refractivity contribution in [2.24, 2.45) is 5.73 Å². The van der Waals surface area contributed by atoms with E-state index in [2.05, 4.69) is 15.3 Å². The predicted molar refractivity (Wildman–Crippen MR) is 111 cm³/mol. The molecule has 2 aromatic heterocycles. The van der Waals surface area contributed by atoms with Crippen LogP contribution in [0.5, 0.6) is 5.75 Å². The second-order valence-corrected chi connectivity index (χ2v) is 8.10. The number of phenolic OH excluding ortho intramolecular Hbond substituents is 1. The molecule has 3 aromatic rings. The predicted octanol–water partition coefficient (Wildman–Crippen LogP) is 4.29. The van der Waals surface area contributed by atoms with Crippen LogP contribution >= 0.6 is 11.3 Å². The average molecular weight is 412 g/mol. The highest BCUT2D eigenvalue weighted by atomic mass is 32.1. The van der Waals surface area contributed by atoms with Crippen LogP contribution in [0.3, 0.4) is 0 Å². The number of pyridine rings is 1. The molecule has 1 aromatic carbocycles. The first kappa shape index (κ1) is 19.5. The Bertz CT molecular complexity index is 1040. The molecule has 0 saturated heterocycles. The number of carbonyl (C=O) groups excluding carboxylic acids is 1. The maximum Gasteiger partial charge on any atom is 0.275 e. The summed E-state index contributed by atoms with van der Waals surface area (Å²) >= 11 is 1.14. The number of amides is 1. The van der Waals surface area contributed by atoms with Crippen molar-refractivity contribution in [3.63, 3.8) is 0 Å². The fraction of sp³-hybridized carbons (Fsp3) is 0.286. The first-order valence-corrected chi connectivity index (χ1v) is 10.3. The van der Waals surface area contributed by atoms with Crippen molar-refractivity contribution in [2.75, 3.05) is 5.32 Å². The number of halogens is 1. The zero-order valence-corrected chi connectivity index (χ0v) is 16.5. The summed E-state index contributed by atoms with van der Waals surface area (Å²) in [6.45, 7) is 0. The van der Waals surface area contributed by atoms with Gasteiger partial charge in [-0.25, -0.2) is 9.37 Å². The van der Waals surface area contributed by atoms with Crippen molar-refractivity contribution in [2.45, 2.75) is 37.6 Å². The molecule has 150 valence electrons. The first-order valence-electron chi connectivity index (χ1n) is 9.46. The third-order valence-electron chi connectivity index (χ3n) is 5.17. The van der Waals surface area contributed by atoms with E-state index in [1.54, 1.807) is 17.8 Å². The van der Waals surface area contributed by atoms with Crippen molar-refractivity contribution < 1.29 is 14.3 Å². The Kier molecular flexibility index (Phi) is 5.55. The fourth-order valence-corrected chi connectivity index (χ4v) is 4.56. The van der Waals surface area contributed by atoms with Crippen LogP contribution in [0, 0.1) is 5.82 Å². The lowest BCUT2D eigenvalue weighted by Crippen LogP contribution is -2.27. The smallest absolute Gasteiger partial charge is 0.275 e. The van der Waals surface area contributed by atoms with E-state index >= 15 is 0 Å². The topological polar surface area (TPSA) is 101 Å². The third-order valence-corrected chi connectivity index (χ3v) is 6.05. The number of nitrogens with two attached hydrogens (primary N) is 1. The lowest BCUT2D eigenvalue weighted by molar-refractivity contribution is 0.102. The molecular weight excluding hydrogens is 391 g/mol. The molecule has 1 amide bonds. The van der Waals surface area contributed by atoms with Crippen LogP contribution in [0.4, 0.5) is 10.1 Å². The Labute approximate surface area is 171 Å². The maximum atomic E-state index is 14.0. The van der Waals surface area contributed by atoms with Gasteiger partial charge >= 0.3 is 0 Å². The highest BCUT2D eigenvalue weighted by molar-refractivity contribution is 7.13. The summed E-state index contributed by atoms with van der Waals surface area (Å²) in [6.07, 6.45) is 7.35. The highest BCUT2D eigenvalue weighted by Crippen LogP contribution is 2.36. The van der Waals surface area contributed by atoms with Crippen molar-refractivity contribution in [1.29, 1.82) is 0 Å². The molecule has 4 N–H and O–H groups in total. The Morgan fingerprint density at radius 1 is 1.31 bits per heavy atom. The van der Waals surface area contributed by atoms with Crippen LogP contribution in [0.1, 0.15) is 47.7 Å². The number of thiazole rings is 1. The number of aromatic hydroxyl groups is 1. The zero-order chi connectivity index (χ0) is 20.4. The normalized spacial score (nSPS) is 19.1. The molecule has 1 fully saturated rings. The van der Waals surface area contributed by atoms with E-state index < -0.39 is 5.82 Å². The van der Waals surface area contributed by atoms with Gasteiger partial charge in [0.1, 0.15) is 22.3 Å². The van der Waals surface area contributed by atoms with Crippen molar-refractivity contribution in [3.8, 4) is 16.3 Å². The van der Waals surface area contributed by atoms with Gasteiger partial charge in [0.2, 0.25) is 0 Å². The van der Waals surface area contributed by atoms with Crippen molar-refractivity contribution in [3.05, 3.63) is 59.1 Å². The van der Waals surface area contributed by atoms with Gasteiger partial charge in [-0.2, -0.15) is 0 Å². The zero-order valence-electron chi connectivity index (χ0n) is 15.6. The molecule has 0 bridgehead atoms. The Morgan fingerprint density at radius 3 is 3.00 bits per heavy atom. The summed E-state index contributed by atoms with van der Waals surface area (Å²) in [5.41, 5.74) is 8.14. The largest absolute Gasteiger partial charge is 0.508 e. The number of benzene rings is 1. The van der Waals surface area contributed by atoms with Crippen LogP contribution in [0.15, 0.2) is 42.0 Å². The number of phenols is 1. The van der Waals surface area contributed by atoms with Gasteiger partial charge in [-0.1, -0.05) is 6.42 Å². The average Bonchev–Trinajstić information content (AvgIpc) is 3.20. The fourth-order valence-electron chi connectivity index (χ4n) is 3.74. The van der Waals surface area contributed by atoms with Gasteiger partial charge < -0.3 is 16.2 Å². The molecule has 1 aliphatic carbocycles. The van der Waals surface area contributed by atoms with Gasteiger partial charge in [-0.15, -0.1) is 11.3 Å². The molecule has 2 heterocycles. The Morgan fingerprint density at radius 2 is 2.17 bits per heavy atom. The van der Waals surface area contributed by atoms with Gasteiger partial charge in [0.05, 0.1) is 11.9 Å². The molecule has 8 heteroatoms. The minimum atomic E-state index is -0.507. The number of carbonyl (C=O) groups is 1. The number of nitrogens with zero attached hydrogens (tertiary/aromatic N) is 2. The Hall–Kier alpha value is -2.84. The second kappa shape index (κ2) is 8.26. The molecule has 1 saturated carbocycles. The number of hydrogen-bond acceptors (Lipinski definition) is 6. The second-order valence-electron chi connectivity index (χ2n) is 7.24. The van der Waals surface area contributed by atoms with Crippen LogP contribution in [0.25, 0.3) is 10.6 Å². The molecule has 4 rings (SSSR count). The minimum Gasteiger partial charge on any atom is -0.508 e.